The molecule has 0 bridgehead atoms. The SMILES string of the molecule is O=C(C[C@@H]1CCCO1)NS(=O)(=O)N1CCCc2ccccc21. The van der Waals surface area contributed by atoms with Crippen LogP contribution in [0.2, 0.25) is 0 Å². The fourth-order valence-electron chi connectivity index (χ4n) is 3.00. The van der Waals surface area contributed by atoms with E-state index in [4.69, 9.17) is 4.74 Å². The first-order valence-electron chi connectivity index (χ1n) is 7.59. The first kappa shape index (κ1) is 15.3. The number of anilines is 1. The summed E-state index contributed by atoms with van der Waals surface area (Å²) in [5.74, 6) is -0.505. The molecule has 0 aliphatic carbocycles. The van der Waals surface area contributed by atoms with Crippen molar-refractivity contribution in [1.29, 1.82) is 0 Å². The molecule has 1 fully saturated rings. The van der Waals surface area contributed by atoms with E-state index in [0.717, 1.165) is 31.2 Å². The minimum atomic E-state index is -3.86. The molecule has 0 radical (unpaired) electrons. The maximum absolute atomic E-state index is 12.5. The number of para-hydroxylation sites is 1. The first-order valence-corrected chi connectivity index (χ1v) is 9.03. The fraction of sp³-hybridized carbons (Fsp3) is 0.533. The predicted molar refractivity (Wildman–Crippen MR) is 82.8 cm³/mol. The third-order valence-corrected chi connectivity index (χ3v) is 5.48. The number of amides is 1. The van der Waals surface area contributed by atoms with Crippen LogP contribution in [0, 0.1) is 0 Å². The topological polar surface area (TPSA) is 75.7 Å². The van der Waals surface area contributed by atoms with Gasteiger partial charge in [-0.2, -0.15) is 8.42 Å². The Labute approximate surface area is 130 Å². The Bertz CT molecular complexity index is 653. The van der Waals surface area contributed by atoms with E-state index >= 15 is 0 Å². The van der Waals surface area contributed by atoms with Crippen LogP contribution in [0.25, 0.3) is 0 Å². The third-order valence-electron chi connectivity index (χ3n) is 4.04. The summed E-state index contributed by atoms with van der Waals surface area (Å²) < 4.78 is 33.8. The van der Waals surface area contributed by atoms with Gasteiger partial charge >= 0.3 is 10.2 Å². The number of aryl methyl sites for hydroxylation is 1. The molecule has 1 atom stereocenters. The van der Waals surface area contributed by atoms with Gasteiger partial charge in [0.2, 0.25) is 5.91 Å². The molecule has 22 heavy (non-hydrogen) atoms. The lowest BCUT2D eigenvalue weighted by Crippen LogP contribution is -2.46. The third kappa shape index (κ3) is 3.25. The Morgan fingerprint density at radius 2 is 2.14 bits per heavy atom. The molecule has 7 heteroatoms. The Hall–Kier alpha value is -1.60. The van der Waals surface area contributed by atoms with Crippen molar-refractivity contribution in [2.24, 2.45) is 0 Å². The van der Waals surface area contributed by atoms with Crippen LogP contribution in [0.1, 0.15) is 31.2 Å². The lowest BCUT2D eigenvalue weighted by atomic mass is 10.0. The van der Waals surface area contributed by atoms with E-state index in [0.29, 0.717) is 18.8 Å². The summed E-state index contributed by atoms with van der Waals surface area (Å²) in [6.45, 7) is 1.03. The van der Waals surface area contributed by atoms with Crippen LogP contribution >= 0.6 is 0 Å². The Morgan fingerprint density at radius 1 is 1.32 bits per heavy atom. The van der Waals surface area contributed by atoms with E-state index in [9.17, 15) is 13.2 Å². The number of nitrogens with zero attached hydrogens (tertiary/aromatic N) is 1. The molecular weight excluding hydrogens is 304 g/mol. The van der Waals surface area contributed by atoms with Gasteiger partial charge in [-0.05, 0) is 37.3 Å². The molecule has 2 heterocycles. The van der Waals surface area contributed by atoms with Crippen molar-refractivity contribution < 1.29 is 17.9 Å². The van der Waals surface area contributed by atoms with Crippen LogP contribution in [-0.2, 0) is 26.2 Å². The van der Waals surface area contributed by atoms with Gasteiger partial charge in [0.1, 0.15) is 0 Å². The number of nitrogens with one attached hydrogen (secondary N) is 1. The van der Waals surface area contributed by atoms with Gasteiger partial charge in [0.15, 0.2) is 0 Å². The molecule has 6 nitrogen and oxygen atoms in total. The maximum Gasteiger partial charge on any atom is 0.326 e. The zero-order valence-electron chi connectivity index (χ0n) is 12.3. The second kappa shape index (κ2) is 6.26. The Balaban J connectivity index is 1.72. The van der Waals surface area contributed by atoms with Gasteiger partial charge in [0.05, 0.1) is 18.2 Å². The molecule has 1 aromatic rings. The van der Waals surface area contributed by atoms with E-state index in [2.05, 4.69) is 4.72 Å². The second-order valence-electron chi connectivity index (χ2n) is 5.67. The predicted octanol–water partition coefficient (Wildman–Crippen LogP) is 1.37. The molecule has 0 saturated carbocycles. The lowest BCUT2D eigenvalue weighted by molar-refractivity contribution is -0.121. The van der Waals surface area contributed by atoms with Gasteiger partial charge in [0.25, 0.3) is 0 Å². The number of carbonyl (C=O) groups is 1. The quantitative estimate of drug-likeness (QED) is 0.907. The fourth-order valence-corrected chi connectivity index (χ4v) is 4.29. The van der Waals surface area contributed by atoms with E-state index in [1.807, 2.05) is 12.1 Å². The van der Waals surface area contributed by atoms with Crippen molar-refractivity contribution >= 4 is 21.8 Å². The average molecular weight is 324 g/mol. The summed E-state index contributed by atoms with van der Waals surface area (Å²) in [6.07, 6.45) is 3.26. The van der Waals surface area contributed by atoms with Crippen LogP contribution in [0.3, 0.4) is 0 Å². The molecule has 3 rings (SSSR count). The summed E-state index contributed by atoms with van der Waals surface area (Å²) in [6, 6.07) is 7.40. The van der Waals surface area contributed by atoms with Crippen molar-refractivity contribution in [3.8, 4) is 0 Å². The van der Waals surface area contributed by atoms with Crippen LogP contribution < -0.4 is 9.03 Å². The summed E-state index contributed by atoms with van der Waals surface area (Å²) in [5.41, 5.74) is 1.65. The standard InChI is InChI=1S/C15H20N2O4S/c18-15(11-13-7-4-10-21-13)16-22(19,20)17-9-3-6-12-5-1-2-8-14(12)17/h1-2,5,8,13H,3-4,6-7,9-11H2,(H,16,18)/t13-/m0/s1. The first-order chi connectivity index (χ1) is 10.6. The summed E-state index contributed by atoms with van der Waals surface area (Å²) in [4.78, 5) is 12.0. The molecule has 0 aromatic heterocycles. The van der Waals surface area contributed by atoms with Crippen molar-refractivity contribution in [3.05, 3.63) is 29.8 Å². The number of ether oxygens (including phenoxy) is 1. The van der Waals surface area contributed by atoms with Crippen LogP contribution in [-0.4, -0.2) is 33.6 Å². The van der Waals surface area contributed by atoms with Gasteiger partial charge in [0, 0.05) is 13.2 Å². The minimum Gasteiger partial charge on any atom is -0.378 e. The number of hydrogen-bond acceptors (Lipinski definition) is 4. The van der Waals surface area contributed by atoms with Gasteiger partial charge in [-0.25, -0.2) is 4.72 Å². The maximum atomic E-state index is 12.5. The highest BCUT2D eigenvalue weighted by molar-refractivity contribution is 7.91. The second-order valence-corrected chi connectivity index (χ2v) is 7.27. The number of benzene rings is 1. The van der Waals surface area contributed by atoms with E-state index < -0.39 is 16.1 Å². The average Bonchev–Trinajstić information content (AvgIpc) is 2.98. The molecule has 1 aromatic carbocycles. The molecule has 1 saturated heterocycles. The molecule has 120 valence electrons. The molecule has 2 aliphatic rings. The molecule has 2 aliphatic heterocycles. The van der Waals surface area contributed by atoms with E-state index in [1.165, 1.54) is 4.31 Å². The van der Waals surface area contributed by atoms with Crippen molar-refractivity contribution in [2.45, 2.75) is 38.2 Å². The van der Waals surface area contributed by atoms with Crippen molar-refractivity contribution in [2.75, 3.05) is 17.5 Å². The lowest BCUT2D eigenvalue weighted by Gasteiger charge is -2.30. The zero-order chi connectivity index (χ0) is 15.6. The summed E-state index contributed by atoms with van der Waals surface area (Å²) in [5, 5.41) is 0. The van der Waals surface area contributed by atoms with E-state index in [1.54, 1.807) is 12.1 Å². The number of rotatable bonds is 4. The highest BCUT2D eigenvalue weighted by Crippen LogP contribution is 2.28. The monoisotopic (exact) mass is 324 g/mol. The van der Waals surface area contributed by atoms with Crippen LogP contribution in [0.4, 0.5) is 5.69 Å². The van der Waals surface area contributed by atoms with Gasteiger partial charge < -0.3 is 4.74 Å². The highest BCUT2D eigenvalue weighted by atomic mass is 32.2. The molecular formula is C15H20N2O4S. The van der Waals surface area contributed by atoms with Gasteiger partial charge in [-0.3, -0.25) is 9.10 Å². The zero-order valence-corrected chi connectivity index (χ0v) is 13.1. The highest BCUT2D eigenvalue weighted by Gasteiger charge is 2.29. The number of carbonyl (C=O) groups excluding carboxylic acids is 1. The van der Waals surface area contributed by atoms with Crippen molar-refractivity contribution in [3.63, 3.8) is 0 Å². The number of hydrogen-bond donors (Lipinski definition) is 1. The van der Waals surface area contributed by atoms with Crippen LogP contribution in [0.15, 0.2) is 24.3 Å². The number of fused-ring (bicyclic) bond motifs is 1. The van der Waals surface area contributed by atoms with Crippen molar-refractivity contribution in [1.82, 2.24) is 4.72 Å². The molecule has 0 unspecified atom stereocenters. The smallest absolute Gasteiger partial charge is 0.326 e. The normalized spacial score (nSPS) is 21.5. The minimum absolute atomic E-state index is 0.0920. The summed E-state index contributed by atoms with van der Waals surface area (Å²) in [7, 11) is -3.86. The molecule has 1 N–H and O–H groups in total. The Kier molecular flexibility index (Phi) is 4.35. The summed E-state index contributed by atoms with van der Waals surface area (Å²) >= 11 is 0. The van der Waals surface area contributed by atoms with Crippen LogP contribution in [0.5, 0.6) is 0 Å². The largest absolute Gasteiger partial charge is 0.378 e. The Morgan fingerprint density at radius 3 is 2.91 bits per heavy atom. The molecule has 0 spiro atoms. The van der Waals surface area contributed by atoms with E-state index in [-0.39, 0.29) is 12.5 Å². The van der Waals surface area contributed by atoms with Gasteiger partial charge in [-0.1, -0.05) is 18.2 Å². The van der Waals surface area contributed by atoms with Gasteiger partial charge in [-0.15, -0.1) is 0 Å². The molecule has 1 amide bonds.